The maximum atomic E-state index is 11.7. The number of aromatic nitrogens is 5. The lowest BCUT2D eigenvalue weighted by Crippen LogP contribution is -2.15. The molecule has 1 amide bonds. The molecule has 0 aliphatic heterocycles. The Kier molecular flexibility index (Phi) is 6.03. The van der Waals surface area contributed by atoms with Gasteiger partial charge in [0, 0.05) is 11.6 Å². The first-order chi connectivity index (χ1) is 16.0. The van der Waals surface area contributed by atoms with Gasteiger partial charge in [-0.05, 0) is 19.1 Å². The summed E-state index contributed by atoms with van der Waals surface area (Å²) >= 11 is 0. The summed E-state index contributed by atoms with van der Waals surface area (Å²) in [6.07, 6.45) is 0.878. The number of amides is 1. The van der Waals surface area contributed by atoms with E-state index in [1.165, 1.54) is 7.11 Å². The molecule has 1 aromatic carbocycles. The van der Waals surface area contributed by atoms with Crippen LogP contribution in [0.15, 0.2) is 35.0 Å². The SMILES string of the molecule is COC(=O)Nc1nc(NCc2cc(C)on2)c2c(cnn2Cc2ccc(C#N)cc2OC)n1. The van der Waals surface area contributed by atoms with Crippen molar-refractivity contribution in [2.24, 2.45) is 0 Å². The minimum atomic E-state index is -0.692. The largest absolute Gasteiger partial charge is 0.496 e. The summed E-state index contributed by atoms with van der Waals surface area (Å²) in [5.41, 5.74) is 3.10. The van der Waals surface area contributed by atoms with E-state index < -0.39 is 6.09 Å². The Morgan fingerprint density at radius 2 is 2.12 bits per heavy atom. The summed E-state index contributed by atoms with van der Waals surface area (Å²) in [5.74, 6) is 1.74. The summed E-state index contributed by atoms with van der Waals surface area (Å²) in [5, 5.41) is 23.2. The Balaban J connectivity index is 1.73. The molecule has 0 aliphatic carbocycles. The van der Waals surface area contributed by atoms with E-state index in [9.17, 15) is 4.79 Å². The number of nitrogens with zero attached hydrogens (tertiary/aromatic N) is 6. The van der Waals surface area contributed by atoms with Crippen LogP contribution in [-0.4, -0.2) is 45.2 Å². The number of carbonyl (C=O) groups is 1. The molecular formula is C21H20N8O4. The van der Waals surface area contributed by atoms with Crippen molar-refractivity contribution in [1.82, 2.24) is 24.9 Å². The van der Waals surface area contributed by atoms with Crippen molar-refractivity contribution in [3.05, 3.63) is 53.0 Å². The van der Waals surface area contributed by atoms with Gasteiger partial charge in [-0.3, -0.25) is 10.00 Å². The third kappa shape index (κ3) is 4.67. The number of carbonyl (C=O) groups excluding carboxylic acids is 1. The Labute approximate surface area is 188 Å². The molecule has 12 heteroatoms. The standard InChI is InChI=1S/C21H20N8O4/c1-12-6-15(28-33-12)9-23-19-18-16(25-20(26-19)27-21(30)32-3)10-24-29(18)11-14-5-4-13(8-22)7-17(14)31-2/h4-7,10H,9,11H2,1-3H3,(H2,23,25,26,27,30). The fourth-order valence-corrected chi connectivity index (χ4v) is 3.22. The van der Waals surface area contributed by atoms with Gasteiger partial charge in [-0.15, -0.1) is 0 Å². The molecule has 3 aromatic heterocycles. The predicted octanol–water partition coefficient (Wildman–Crippen LogP) is 2.84. The number of methoxy groups -OCH3 is 2. The fourth-order valence-electron chi connectivity index (χ4n) is 3.22. The first-order valence-electron chi connectivity index (χ1n) is 9.82. The van der Waals surface area contributed by atoms with Crippen LogP contribution in [0.5, 0.6) is 5.75 Å². The van der Waals surface area contributed by atoms with Crippen LogP contribution in [0.1, 0.15) is 22.6 Å². The fraction of sp³-hybridized carbons (Fsp3) is 0.238. The van der Waals surface area contributed by atoms with Crippen LogP contribution in [-0.2, 0) is 17.8 Å². The molecule has 2 N–H and O–H groups in total. The third-order valence-electron chi connectivity index (χ3n) is 4.74. The first kappa shape index (κ1) is 21.6. The van der Waals surface area contributed by atoms with Gasteiger partial charge in [0.25, 0.3) is 0 Å². The Bertz CT molecular complexity index is 1350. The molecule has 0 saturated carbocycles. The molecule has 0 fully saturated rings. The zero-order valence-corrected chi connectivity index (χ0v) is 18.1. The van der Waals surface area contributed by atoms with Crippen LogP contribution in [0.2, 0.25) is 0 Å². The average molecular weight is 448 g/mol. The number of benzene rings is 1. The molecule has 33 heavy (non-hydrogen) atoms. The van der Waals surface area contributed by atoms with Crippen molar-refractivity contribution in [3.63, 3.8) is 0 Å². The van der Waals surface area contributed by atoms with Gasteiger partial charge >= 0.3 is 6.09 Å². The molecule has 4 rings (SSSR count). The van der Waals surface area contributed by atoms with Gasteiger partial charge in [0.15, 0.2) is 5.82 Å². The Morgan fingerprint density at radius 1 is 1.27 bits per heavy atom. The summed E-state index contributed by atoms with van der Waals surface area (Å²) < 4.78 is 16.9. The second-order valence-electron chi connectivity index (χ2n) is 6.97. The average Bonchev–Trinajstić information content (AvgIpc) is 3.43. The zero-order chi connectivity index (χ0) is 23.4. The number of nitriles is 1. The van der Waals surface area contributed by atoms with Crippen molar-refractivity contribution in [2.45, 2.75) is 20.0 Å². The predicted molar refractivity (Wildman–Crippen MR) is 117 cm³/mol. The normalized spacial score (nSPS) is 10.6. The van der Waals surface area contributed by atoms with E-state index in [1.807, 2.05) is 6.07 Å². The monoisotopic (exact) mass is 448 g/mol. The second-order valence-corrected chi connectivity index (χ2v) is 6.97. The van der Waals surface area contributed by atoms with Crippen LogP contribution in [0, 0.1) is 18.3 Å². The highest BCUT2D eigenvalue weighted by atomic mass is 16.5. The first-order valence-corrected chi connectivity index (χ1v) is 9.82. The summed E-state index contributed by atoms with van der Waals surface area (Å²) in [4.78, 5) is 20.5. The molecule has 0 unspecified atom stereocenters. The highest BCUT2D eigenvalue weighted by Crippen LogP contribution is 2.26. The van der Waals surface area contributed by atoms with Crippen LogP contribution >= 0.6 is 0 Å². The topological polar surface area (TPSA) is 153 Å². The van der Waals surface area contributed by atoms with Gasteiger partial charge in [-0.25, -0.2) is 9.78 Å². The molecule has 0 aliphatic rings. The van der Waals surface area contributed by atoms with Gasteiger partial charge in [-0.2, -0.15) is 15.3 Å². The molecule has 0 bridgehead atoms. The van der Waals surface area contributed by atoms with Crippen molar-refractivity contribution < 1.29 is 18.8 Å². The molecule has 3 heterocycles. The number of rotatable bonds is 7. The number of hydrogen-bond donors (Lipinski definition) is 2. The van der Waals surface area contributed by atoms with Crippen LogP contribution in [0.4, 0.5) is 16.6 Å². The van der Waals surface area contributed by atoms with Crippen molar-refractivity contribution in [3.8, 4) is 11.8 Å². The molecule has 0 saturated heterocycles. The lowest BCUT2D eigenvalue weighted by Gasteiger charge is -2.12. The second kappa shape index (κ2) is 9.23. The van der Waals surface area contributed by atoms with Gasteiger partial charge in [0.05, 0.1) is 45.1 Å². The van der Waals surface area contributed by atoms with Crippen molar-refractivity contribution in [2.75, 3.05) is 24.9 Å². The molecule has 4 aromatic rings. The van der Waals surface area contributed by atoms with E-state index in [2.05, 4.69) is 41.7 Å². The number of aryl methyl sites for hydroxylation is 1. The van der Waals surface area contributed by atoms with E-state index in [-0.39, 0.29) is 5.95 Å². The zero-order valence-electron chi connectivity index (χ0n) is 18.1. The van der Waals surface area contributed by atoms with Crippen molar-refractivity contribution in [1.29, 1.82) is 5.26 Å². The minimum Gasteiger partial charge on any atom is -0.496 e. The molecule has 0 spiro atoms. The van der Waals surface area contributed by atoms with E-state index in [0.29, 0.717) is 52.7 Å². The molecular weight excluding hydrogens is 428 g/mol. The molecule has 0 radical (unpaired) electrons. The molecule has 0 atom stereocenters. The van der Waals surface area contributed by atoms with Gasteiger partial charge in [0.2, 0.25) is 5.95 Å². The van der Waals surface area contributed by atoms with Gasteiger partial charge in [0.1, 0.15) is 28.2 Å². The van der Waals surface area contributed by atoms with Crippen LogP contribution in [0.25, 0.3) is 11.0 Å². The maximum absolute atomic E-state index is 11.7. The lowest BCUT2D eigenvalue weighted by molar-refractivity contribution is 0.186. The van der Waals surface area contributed by atoms with Crippen LogP contribution < -0.4 is 15.4 Å². The van der Waals surface area contributed by atoms with Gasteiger partial charge < -0.3 is 19.3 Å². The Morgan fingerprint density at radius 3 is 2.82 bits per heavy atom. The third-order valence-corrected chi connectivity index (χ3v) is 4.74. The highest BCUT2D eigenvalue weighted by Gasteiger charge is 2.17. The maximum Gasteiger partial charge on any atom is 0.413 e. The number of nitrogens with one attached hydrogen (secondary N) is 2. The Hall–Kier alpha value is -4.66. The van der Waals surface area contributed by atoms with E-state index in [1.54, 1.807) is 43.1 Å². The summed E-state index contributed by atoms with van der Waals surface area (Å²) in [6, 6.07) is 9.09. The lowest BCUT2D eigenvalue weighted by atomic mass is 10.1. The smallest absolute Gasteiger partial charge is 0.413 e. The highest BCUT2D eigenvalue weighted by molar-refractivity contribution is 5.89. The number of fused-ring (bicyclic) bond motifs is 1. The molecule has 168 valence electrons. The number of ether oxygens (including phenoxy) is 2. The van der Waals surface area contributed by atoms with E-state index in [0.717, 1.165) is 5.56 Å². The number of anilines is 2. The quantitative estimate of drug-likeness (QED) is 0.431. The van der Waals surface area contributed by atoms with Crippen LogP contribution in [0.3, 0.4) is 0 Å². The summed E-state index contributed by atoms with van der Waals surface area (Å²) in [7, 11) is 2.80. The van der Waals surface area contributed by atoms with Crippen molar-refractivity contribution >= 4 is 28.9 Å². The summed E-state index contributed by atoms with van der Waals surface area (Å²) in [6.45, 7) is 2.47. The minimum absolute atomic E-state index is 0.0590. The number of hydrogen-bond acceptors (Lipinski definition) is 10. The van der Waals surface area contributed by atoms with E-state index >= 15 is 0 Å². The van der Waals surface area contributed by atoms with E-state index in [4.69, 9.17) is 14.5 Å². The van der Waals surface area contributed by atoms with Gasteiger partial charge in [-0.1, -0.05) is 11.2 Å². The molecule has 12 nitrogen and oxygen atoms in total.